The van der Waals surface area contributed by atoms with Gasteiger partial charge in [0.15, 0.2) is 6.35 Å². The minimum atomic E-state index is -3.83. The van der Waals surface area contributed by atoms with E-state index in [4.69, 9.17) is 9.26 Å². The summed E-state index contributed by atoms with van der Waals surface area (Å²) in [5, 5.41) is 0. The predicted molar refractivity (Wildman–Crippen MR) is 82.9 cm³/mol. The maximum atomic E-state index is 11.9. The van der Waals surface area contributed by atoms with Gasteiger partial charge in [0.1, 0.15) is 11.5 Å². The average molecular weight is 306 g/mol. The third-order valence-corrected chi connectivity index (χ3v) is 3.88. The van der Waals surface area contributed by atoms with Crippen molar-refractivity contribution in [2.45, 2.75) is 19.8 Å². The highest BCUT2D eigenvalue weighted by molar-refractivity contribution is 7.53. The van der Waals surface area contributed by atoms with E-state index in [-0.39, 0.29) is 6.35 Å². The molecule has 0 amide bonds. The zero-order chi connectivity index (χ0) is 15.3. The number of para-hydroxylation sites is 1. The Morgan fingerprint density at radius 1 is 1.00 bits per heavy atom. The molecule has 0 aliphatic heterocycles. The van der Waals surface area contributed by atoms with E-state index >= 15 is 0 Å². The van der Waals surface area contributed by atoms with Crippen molar-refractivity contribution in [3.63, 3.8) is 0 Å². The molecule has 21 heavy (non-hydrogen) atoms. The fourth-order valence-electron chi connectivity index (χ4n) is 1.78. The van der Waals surface area contributed by atoms with Gasteiger partial charge in [-0.05, 0) is 35.7 Å². The number of ether oxygens (including phenoxy) is 1. The average Bonchev–Trinajstić information content (AvgIpc) is 2.46. The topological polar surface area (TPSA) is 55.8 Å². The number of benzene rings is 2. The Morgan fingerprint density at radius 2 is 1.62 bits per heavy atom. The quantitative estimate of drug-likeness (QED) is 0.803. The van der Waals surface area contributed by atoms with Gasteiger partial charge in [-0.15, -0.1) is 0 Å². The lowest BCUT2D eigenvalue weighted by Gasteiger charge is -2.14. The van der Waals surface area contributed by atoms with Crippen LogP contribution in [0.25, 0.3) is 0 Å². The summed E-state index contributed by atoms with van der Waals surface area (Å²) in [5.41, 5.74) is 1.19. The standard InChI is InChI=1S/C16H19O4P/c1-13(2)14-8-10-15(11-9-14)19-12-21(17,18)20-16-6-4-3-5-7-16/h3-11,13H,12H2,1-2H3,(H,17,18). The monoisotopic (exact) mass is 306 g/mol. The van der Waals surface area contributed by atoms with Crippen molar-refractivity contribution in [3.05, 3.63) is 60.2 Å². The highest BCUT2D eigenvalue weighted by Gasteiger charge is 2.22. The Labute approximate surface area is 124 Å². The molecule has 0 aliphatic rings. The van der Waals surface area contributed by atoms with E-state index in [1.807, 2.05) is 18.2 Å². The first-order chi connectivity index (χ1) is 9.96. The van der Waals surface area contributed by atoms with Gasteiger partial charge in [-0.2, -0.15) is 0 Å². The zero-order valence-corrected chi connectivity index (χ0v) is 13.0. The molecule has 2 rings (SSSR count). The summed E-state index contributed by atoms with van der Waals surface area (Å²) < 4.78 is 22.4. The van der Waals surface area contributed by atoms with Crippen LogP contribution in [0.5, 0.6) is 11.5 Å². The summed E-state index contributed by atoms with van der Waals surface area (Å²) in [6, 6.07) is 16.0. The minimum absolute atomic E-state index is 0.349. The van der Waals surface area contributed by atoms with Gasteiger partial charge in [-0.25, -0.2) is 4.57 Å². The van der Waals surface area contributed by atoms with Crippen molar-refractivity contribution in [3.8, 4) is 11.5 Å². The molecule has 0 aliphatic carbocycles. The van der Waals surface area contributed by atoms with Crippen LogP contribution in [0.15, 0.2) is 54.6 Å². The summed E-state index contributed by atoms with van der Waals surface area (Å²) in [4.78, 5) is 9.78. The first-order valence-corrected chi connectivity index (χ1v) is 8.52. The fraction of sp³-hybridized carbons (Fsp3) is 0.250. The molecule has 0 spiro atoms. The molecule has 2 aromatic rings. The molecule has 112 valence electrons. The van der Waals surface area contributed by atoms with Crippen LogP contribution in [-0.4, -0.2) is 11.2 Å². The summed E-state index contributed by atoms with van der Waals surface area (Å²) in [5.74, 6) is 1.33. The minimum Gasteiger partial charge on any atom is -0.480 e. The third kappa shape index (κ3) is 4.92. The van der Waals surface area contributed by atoms with Gasteiger partial charge in [0.05, 0.1) is 0 Å². The first-order valence-electron chi connectivity index (χ1n) is 6.75. The summed E-state index contributed by atoms with van der Waals surface area (Å²) >= 11 is 0. The van der Waals surface area contributed by atoms with Crippen LogP contribution in [0, 0.1) is 0 Å². The van der Waals surface area contributed by atoms with Gasteiger partial charge < -0.3 is 14.2 Å². The van der Waals surface area contributed by atoms with E-state index in [9.17, 15) is 9.46 Å². The maximum absolute atomic E-state index is 11.9. The van der Waals surface area contributed by atoms with Gasteiger partial charge in [-0.1, -0.05) is 44.2 Å². The fourth-order valence-corrected chi connectivity index (χ4v) is 2.59. The summed E-state index contributed by atoms with van der Waals surface area (Å²) in [6.07, 6.45) is -0.386. The molecular formula is C16H19O4P. The Balaban J connectivity index is 1.93. The molecule has 0 bridgehead atoms. The van der Waals surface area contributed by atoms with Crippen LogP contribution in [0.3, 0.4) is 0 Å². The zero-order valence-electron chi connectivity index (χ0n) is 12.1. The van der Waals surface area contributed by atoms with E-state index < -0.39 is 7.60 Å². The van der Waals surface area contributed by atoms with Crippen LogP contribution in [0.4, 0.5) is 0 Å². The van der Waals surface area contributed by atoms with Crippen LogP contribution in [0.1, 0.15) is 25.3 Å². The molecule has 1 unspecified atom stereocenters. The Kier molecular flexibility index (Phi) is 5.05. The molecule has 1 atom stereocenters. The smallest absolute Gasteiger partial charge is 0.413 e. The highest BCUT2D eigenvalue weighted by atomic mass is 31.2. The Morgan fingerprint density at radius 3 is 2.19 bits per heavy atom. The van der Waals surface area contributed by atoms with E-state index in [2.05, 4.69) is 13.8 Å². The largest absolute Gasteiger partial charge is 0.480 e. The van der Waals surface area contributed by atoms with Crippen molar-refractivity contribution >= 4 is 7.60 Å². The molecule has 5 heteroatoms. The molecular weight excluding hydrogens is 287 g/mol. The lowest BCUT2D eigenvalue weighted by Crippen LogP contribution is -2.04. The lowest BCUT2D eigenvalue weighted by molar-refractivity contribution is 0.305. The molecule has 0 saturated heterocycles. The molecule has 0 saturated carbocycles. The second-order valence-corrected chi connectivity index (χ2v) is 6.75. The van der Waals surface area contributed by atoms with Crippen molar-refractivity contribution in [1.29, 1.82) is 0 Å². The molecule has 2 aromatic carbocycles. The van der Waals surface area contributed by atoms with Crippen molar-refractivity contribution < 1.29 is 18.7 Å². The van der Waals surface area contributed by atoms with Crippen LogP contribution >= 0.6 is 7.60 Å². The predicted octanol–water partition coefficient (Wildman–Crippen LogP) is 4.41. The molecule has 0 aromatic heterocycles. The van der Waals surface area contributed by atoms with Gasteiger partial charge in [-0.3, -0.25) is 0 Å². The van der Waals surface area contributed by atoms with Crippen molar-refractivity contribution in [2.24, 2.45) is 0 Å². The van der Waals surface area contributed by atoms with E-state index in [1.54, 1.807) is 36.4 Å². The maximum Gasteiger partial charge on any atom is 0.413 e. The van der Waals surface area contributed by atoms with E-state index in [0.717, 1.165) is 0 Å². The molecule has 0 radical (unpaired) electrons. The number of rotatable bonds is 6. The summed E-state index contributed by atoms with van der Waals surface area (Å²) in [7, 11) is -3.83. The molecule has 4 nitrogen and oxygen atoms in total. The normalized spacial score (nSPS) is 13.7. The molecule has 1 N–H and O–H groups in total. The SMILES string of the molecule is CC(C)c1ccc(OCP(=O)(O)Oc2ccccc2)cc1. The Bertz CT molecular complexity index is 608. The molecule has 0 heterocycles. The first kappa shape index (κ1) is 15.6. The number of hydrogen-bond donors (Lipinski definition) is 1. The highest BCUT2D eigenvalue weighted by Crippen LogP contribution is 2.42. The summed E-state index contributed by atoms with van der Waals surface area (Å²) in [6.45, 7) is 4.21. The Hall–Kier alpha value is -1.77. The second-order valence-electron chi connectivity index (χ2n) is 5.04. The van der Waals surface area contributed by atoms with Crippen LogP contribution in [-0.2, 0) is 4.57 Å². The van der Waals surface area contributed by atoms with E-state index in [1.165, 1.54) is 5.56 Å². The second kappa shape index (κ2) is 6.79. The van der Waals surface area contributed by atoms with Crippen LogP contribution in [0.2, 0.25) is 0 Å². The van der Waals surface area contributed by atoms with Gasteiger partial charge >= 0.3 is 7.60 Å². The molecule has 0 fully saturated rings. The van der Waals surface area contributed by atoms with Gasteiger partial charge in [0, 0.05) is 0 Å². The van der Waals surface area contributed by atoms with Crippen molar-refractivity contribution in [1.82, 2.24) is 0 Å². The van der Waals surface area contributed by atoms with E-state index in [0.29, 0.717) is 17.4 Å². The lowest BCUT2D eigenvalue weighted by atomic mass is 10.0. The van der Waals surface area contributed by atoms with Gasteiger partial charge in [0.2, 0.25) is 0 Å². The van der Waals surface area contributed by atoms with Gasteiger partial charge in [0.25, 0.3) is 0 Å². The van der Waals surface area contributed by atoms with Crippen molar-refractivity contribution in [2.75, 3.05) is 6.35 Å². The van der Waals surface area contributed by atoms with Crippen LogP contribution < -0.4 is 9.26 Å². The third-order valence-electron chi connectivity index (χ3n) is 2.93. The number of hydrogen-bond acceptors (Lipinski definition) is 3.